The molecule has 84 valence electrons. The predicted octanol–water partition coefficient (Wildman–Crippen LogP) is 2.67. The molecule has 0 saturated carbocycles. The van der Waals surface area contributed by atoms with Crippen molar-refractivity contribution < 1.29 is 26.3 Å². The van der Waals surface area contributed by atoms with Crippen molar-refractivity contribution in [2.45, 2.75) is 11.3 Å². The molecule has 1 aromatic carbocycles. The van der Waals surface area contributed by atoms with E-state index in [2.05, 4.69) is 19.5 Å². The van der Waals surface area contributed by atoms with E-state index in [0.29, 0.717) is 0 Å². The highest BCUT2D eigenvalue weighted by Gasteiger charge is 2.31. The Balaban J connectivity index is 2.92. The van der Waals surface area contributed by atoms with Gasteiger partial charge in [0.15, 0.2) is 0 Å². The number of benzene rings is 1. The van der Waals surface area contributed by atoms with Gasteiger partial charge in [0.05, 0.1) is 19.7 Å². The molecule has 15 heavy (non-hydrogen) atoms. The summed E-state index contributed by atoms with van der Waals surface area (Å²) in [6.45, 7) is 0. The standard InChI is InChI=1S/C7H4BrF3O3S/c8-15(12,13)6-3-1-5(2-4-6)14-7(9,10)11/h1-4H. The van der Waals surface area contributed by atoms with Crippen LogP contribution >= 0.6 is 14.8 Å². The lowest BCUT2D eigenvalue weighted by Crippen LogP contribution is -2.17. The molecule has 0 saturated heterocycles. The van der Waals surface area contributed by atoms with E-state index in [4.69, 9.17) is 0 Å². The van der Waals surface area contributed by atoms with E-state index in [1.54, 1.807) is 0 Å². The van der Waals surface area contributed by atoms with Crippen LogP contribution in [-0.2, 0) is 8.27 Å². The SMILES string of the molecule is O=S(=O)(Br)c1ccc(OC(F)(F)F)cc1. The summed E-state index contributed by atoms with van der Waals surface area (Å²) in [5.74, 6) is -0.470. The van der Waals surface area contributed by atoms with Gasteiger partial charge in [-0.3, -0.25) is 0 Å². The third kappa shape index (κ3) is 4.08. The maximum atomic E-state index is 11.7. The Hall–Kier alpha value is -0.760. The van der Waals surface area contributed by atoms with Gasteiger partial charge in [0.1, 0.15) is 5.75 Å². The van der Waals surface area contributed by atoms with Crippen LogP contribution in [0, 0.1) is 0 Å². The van der Waals surface area contributed by atoms with Gasteiger partial charge in [-0.05, 0) is 24.3 Å². The Bertz CT molecular complexity index is 438. The highest BCUT2D eigenvalue weighted by molar-refractivity contribution is 9.47. The Morgan fingerprint density at radius 3 is 1.93 bits per heavy atom. The minimum atomic E-state index is -4.78. The van der Waals surface area contributed by atoms with Gasteiger partial charge in [0.2, 0.25) is 8.27 Å². The first-order valence-electron chi connectivity index (χ1n) is 3.49. The second kappa shape index (κ2) is 4.01. The summed E-state index contributed by atoms with van der Waals surface area (Å²) in [5, 5.41) is 0. The van der Waals surface area contributed by atoms with E-state index >= 15 is 0 Å². The van der Waals surface area contributed by atoms with Gasteiger partial charge in [-0.25, -0.2) is 8.42 Å². The molecule has 0 aliphatic carbocycles. The topological polar surface area (TPSA) is 43.4 Å². The van der Waals surface area contributed by atoms with Gasteiger partial charge >= 0.3 is 6.36 Å². The fourth-order valence-electron chi connectivity index (χ4n) is 0.804. The molecular formula is C7H4BrF3O3S. The number of rotatable bonds is 2. The van der Waals surface area contributed by atoms with Crippen molar-refractivity contribution in [1.29, 1.82) is 0 Å². The minimum absolute atomic E-state index is 0.142. The monoisotopic (exact) mass is 304 g/mol. The third-order valence-corrected chi connectivity index (χ3v) is 3.30. The van der Waals surface area contributed by atoms with Crippen molar-refractivity contribution >= 4 is 23.1 Å². The molecule has 0 aliphatic rings. The van der Waals surface area contributed by atoms with Crippen LogP contribution in [0.25, 0.3) is 0 Å². The van der Waals surface area contributed by atoms with Gasteiger partial charge < -0.3 is 4.74 Å². The molecule has 0 spiro atoms. The molecule has 0 fully saturated rings. The Kier molecular flexibility index (Phi) is 3.29. The Labute approximate surface area is 91.0 Å². The van der Waals surface area contributed by atoms with E-state index in [1.165, 1.54) is 0 Å². The van der Waals surface area contributed by atoms with Gasteiger partial charge in [-0.2, -0.15) is 0 Å². The first-order valence-corrected chi connectivity index (χ1v) is 6.81. The van der Waals surface area contributed by atoms with Crippen molar-refractivity contribution in [1.82, 2.24) is 0 Å². The zero-order valence-corrected chi connectivity index (χ0v) is 9.36. The molecule has 0 unspecified atom stereocenters. The lowest BCUT2D eigenvalue weighted by molar-refractivity contribution is -0.274. The van der Waals surface area contributed by atoms with Crippen LogP contribution < -0.4 is 4.74 Å². The lowest BCUT2D eigenvalue weighted by Gasteiger charge is -2.08. The average molecular weight is 305 g/mol. The van der Waals surface area contributed by atoms with Gasteiger partial charge in [0.25, 0.3) is 0 Å². The highest BCUT2D eigenvalue weighted by atomic mass is 79.9. The van der Waals surface area contributed by atoms with Gasteiger partial charge in [0, 0.05) is 0 Å². The summed E-state index contributed by atoms with van der Waals surface area (Å²) in [4.78, 5) is -0.142. The fraction of sp³-hybridized carbons (Fsp3) is 0.143. The van der Waals surface area contributed by atoms with Crippen molar-refractivity contribution in [3.05, 3.63) is 24.3 Å². The Morgan fingerprint density at radius 2 is 1.60 bits per heavy atom. The first kappa shape index (κ1) is 12.3. The molecule has 0 aromatic heterocycles. The molecule has 3 nitrogen and oxygen atoms in total. The molecule has 0 amide bonds. The second-order valence-electron chi connectivity index (χ2n) is 2.46. The maximum absolute atomic E-state index is 11.7. The quantitative estimate of drug-likeness (QED) is 0.789. The fourth-order valence-corrected chi connectivity index (χ4v) is 1.91. The number of hydrogen-bond donors (Lipinski definition) is 0. The number of ether oxygens (including phenoxy) is 1. The second-order valence-corrected chi connectivity index (χ2v) is 6.36. The number of hydrogen-bond acceptors (Lipinski definition) is 3. The molecule has 0 bridgehead atoms. The van der Waals surface area contributed by atoms with Gasteiger partial charge in [-0.15, -0.1) is 13.2 Å². The van der Waals surface area contributed by atoms with Crippen LogP contribution in [0.2, 0.25) is 0 Å². The largest absolute Gasteiger partial charge is 0.573 e. The van der Waals surface area contributed by atoms with E-state index < -0.39 is 20.4 Å². The number of halogens is 4. The zero-order chi connectivity index (χ0) is 11.7. The van der Waals surface area contributed by atoms with Gasteiger partial charge in [-0.1, -0.05) is 0 Å². The normalized spacial score (nSPS) is 12.5. The van der Waals surface area contributed by atoms with E-state index in [1.807, 2.05) is 0 Å². The average Bonchev–Trinajstić information content (AvgIpc) is 2.00. The van der Waals surface area contributed by atoms with Crippen LogP contribution in [0.5, 0.6) is 5.75 Å². The first-order chi connectivity index (χ1) is 6.68. The molecule has 0 heterocycles. The van der Waals surface area contributed by atoms with Crippen LogP contribution in [0.15, 0.2) is 29.2 Å². The molecular weight excluding hydrogens is 301 g/mol. The molecule has 0 atom stereocenters. The van der Waals surface area contributed by atoms with Crippen molar-refractivity contribution in [2.24, 2.45) is 0 Å². The van der Waals surface area contributed by atoms with Crippen molar-refractivity contribution in [3.8, 4) is 5.75 Å². The highest BCUT2D eigenvalue weighted by Crippen LogP contribution is 2.25. The summed E-state index contributed by atoms with van der Waals surface area (Å²) in [7, 11) is -3.59. The van der Waals surface area contributed by atoms with E-state index in [9.17, 15) is 21.6 Å². The van der Waals surface area contributed by atoms with E-state index in [-0.39, 0.29) is 4.90 Å². The molecule has 1 rings (SSSR count). The zero-order valence-electron chi connectivity index (χ0n) is 6.95. The van der Waals surface area contributed by atoms with Crippen LogP contribution in [-0.4, -0.2) is 14.8 Å². The van der Waals surface area contributed by atoms with Crippen LogP contribution in [0.4, 0.5) is 13.2 Å². The smallest absolute Gasteiger partial charge is 0.406 e. The lowest BCUT2D eigenvalue weighted by atomic mass is 10.3. The minimum Gasteiger partial charge on any atom is -0.406 e. The summed E-state index contributed by atoms with van der Waals surface area (Å²) >= 11 is 2.38. The Morgan fingerprint density at radius 1 is 1.13 bits per heavy atom. The molecule has 0 aliphatic heterocycles. The summed E-state index contributed by atoms with van der Waals surface area (Å²) in [6.07, 6.45) is -4.78. The maximum Gasteiger partial charge on any atom is 0.573 e. The number of alkyl halides is 3. The van der Waals surface area contributed by atoms with Crippen molar-refractivity contribution in [3.63, 3.8) is 0 Å². The van der Waals surface area contributed by atoms with E-state index in [0.717, 1.165) is 24.3 Å². The van der Waals surface area contributed by atoms with Crippen LogP contribution in [0.3, 0.4) is 0 Å². The summed E-state index contributed by atoms with van der Waals surface area (Å²) in [6, 6.07) is 3.85. The molecule has 0 radical (unpaired) electrons. The summed E-state index contributed by atoms with van der Waals surface area (Å²) < 4.78 is 60.5. The third-order valence-electron chi connectivity index (χ3n) is 1.34. The predicted molar refractivity (Wildman–Crippen MR) is 49.2 cm³/mol. The van der Waals surface area contributed by atoms with Crippen LogP contribution in [0.1, 0.15) is 0 Å². The molecule has 1 aromatic rings. The molecule has 0 N–H and O–H groups in total. The summed E-state index contributed by atoms with van der Waals surface area (Å²) in [5.41, 5.74) is 0. The molecule has 8 heteroatoms. The van der Waals surface area contributed by atoms with Crippen molar-refractivity contribution in [2.75, 3.05) is 0 Å².